The van der Waals surface area contributed by atoms with E-state index < -0.39 is 0 Å². The minimum atomic E-state index is -0.124. The second-order valence-electron chi connectivity index (χ2n) is 5.11. The standard InChI is InChI=1S/C13H17N3O/c1-13(2,3)9-16-12(17)10-5-7-15-11(8-10)4-6-14/h5,7-8H,4,9H2,1-3H3,(H,16,17). The van der Waals surface area contributed by atoms with Crippen LogP contribution in [0.25, 0.3) is 0 Å². The van der Waals surface area contributed by atoms with Crippen LogP contribution < -0.4 is 5.32 Å². The molecule has 1 rings (SSSR count). The van der Waals surface area contributed by atoms with Crippen LogP contribution in [0.3, 0.4) is 0 Å². The van der Waals surface area contributed by atoms with Gasteiger partial charge in [0, 0.05) is 18.3 Å². The first-order chi connectivity index (χ1) is 7.92. The Morgan fingerprint density at radius 1 is 1.53 bits per heavy atom. The number of carbonyl (C=O) groups excluding carboxylic acids is 1. The molecule has 90 valence electrons. The van der Waals surface area contributed by atoms with E-state index in [1.54, 1.807) is 18.3 Å². The molecule has 0 saturated carbocycles. The van der Waals surface area contributed by atoms with Crippen molar-refractivity contribution < 1.29 is 4.79 Å². The zero-order chi connectivity index (χ0) is 12.9. The number of amides is 1. The van der Waals surface area contributed by atoms with Crippen molar-refractivity contribution in [2.45, 2.75) is 27.2 Å². The molecule has 0 atom stereocenters. The second kappa shape index (κ2) is 5.44. The minimum absolute atomic E-state index is 0.0537. The Bertz CT molecular complexity index is 441. The quantitative estimate of drug-likeness (QED) is 0.864. The lowest BCUT2D eigenvalue weighted by Gasteiger charge is -2.18. The van der Waals surface area contributed by atoms with Gasteiger partial charge in [-0.1, -0.05) is 20.8 Å². The predicted octanol–water partition coefficient (Wildman–Crippen LogP) is 1.92. The summed E-state index contributed by atoms with van der Waals surface area (Å²) in [6.45, 7) is 6.78. The third kappa shape index (κ3) is 4.64. The average Bonchev–Trinajstić information content (AvgIpc) is 2.26. The van der Waals surface area contributed by atoms with Gasteiger partial charge in [-0.05, 0) is 17.5 Å². The van der Waals surface area contributed by atoms with Crippen LogP contribution in [0.5, 0.6) is 0 Å². The fourth-order valence-electron chi connectivity index (χ4n) is 1.24. The van der Waals surface area contributed by atoms with Crippen molar-refractivity contribution in [3.05, 3.63) is 29.6 Å². The van der Waals surface area contributed by atoms with Crippen molar-refractivity contribution in [2.24, 2.45) is 5.41 Å². The average molecular weight is 231 g/mol. The molecular formula is C13H17N3O. The highest BCUT2D eigenvalue weighted by Crippen LogP contribution is 2.11. The molecule has 0 bridgehead atoms. The highest BCUT2D eigenvalue weighted by Gasteiger charge is 2.13. The summed E-state index contributed by atoms with van der Waals surface area (Å²) in [6, 6.07) is 5.32. The molecule has 0 unspecified atom stereocenters. The van der Waals surface area contributed by atoms with Crippen LogP contribution in [0.15, 0.2) is 18.3 Å². The van der Waals surface area contributed by atoms with Crippen molar-refractivity contribution in [3.63, 3.8) is 0 Å². The van der Waals surface area contributed by atoms with Crippen molar-refractivity contribution in [2.75, 3.05) is 6.54 Å². The Morgan fingerprint density at radius 3 is 2.82 bits per heavy atom. The molecule has 0 aliphatic rings. The van der Waals surface area contributed by atoms with Crippen molar-refractivity contribution >= 4 is 5.91 Å². The Labute approximate surface area is 102 Å². The maximum atomic E-state index is 11.8. The number of rotatable bonds is 3. The number of pyridine rings is 1. The van der Waals surface area contributed by atoms with E-state index in [9.17, 15) is 4.79 Å². The van der Waals surface area contributed by atoms with E-state index in [1.807, 2.05) is 6.07 Å². The van der Waals surface area contributed by atoms with Gasteiger partial charge in [0.25, 0.3) is 5.91 Å². The van der Waals surface area contributed by atoms with Gasteiger partial charge < -0.3 is 5.32 Å². The summed E-state index contributed by atoms with van der Waals surface area (Å²) >= 11 is 0. The molecule has 0 aliphatic heterocycles. The van der Waals surface area contributed by atoms with Crippen LogP contribution in [0.1, 0.15) is 36.8 Å². The molecule has 4 nitrogen and oxygen atoms in total. The van der Waals surface area contributed by atoms with Crippen LogP contribution in [0.2, 0.25) is 0 Å². The van der Waals surface area contributed by atoms with Crippen LogP contribution in [0.4, 0.5) is 0 Å². The second-order valence-corrected chi connectivity index (χ2v) is 5.11. The van der Waals surface area contributed by atoms with Gasteiger partial charge in [0.05, 0.1) is 18.2 Å². The van der Waals surface area contributed by atoms with Gasteiger partial charge in [0.1, 0.15) is 0 Å². The lowest BCUT2D eigenvalue weighted by atomic mass is 9.97. The Hall–Kier alpha value is -1.89. The molecule has 1 N–H and O–H groups in total. The third-order valence-corrected chi connectivity index (χ3v) is 2.12. The summed E-state index contributed by atoms with van der Waals surface area (Å²) in [6.07, 6.45) is 1.78. The first kappa shape index (κ1) is 13.2. The molecule has 17 heavy (non-hydrogen) atoms. The van der Waals surface area contributed by atoms with Crippen molar-refractivity contribution in [1.29, 1.82) is 5.26 Å². The molecule has 1 aromatic rings. The molecule has 1 aromatic heterocycles. The van der Waals surface area contributed by atoms with Gasteiger partial charge >= 0.3 is 0 Å². The number of hydrogen-bond acceptors (Lipinski definition) is 3. The van der Waals surface area contributed by atoms with E-state index in [0.717, 1.165) is 0 Å². The summed E-state index contributed by atoms with van der Waals surface area (Å²) in [7, 11) is 0. The molecular weight excluding hydrogens is 214 g/mol. The minimum Gasteiger partial charge on any atom is -0.352 e. The zero-order valence-corrected chi connectivity index (χ0v) is 10.4. The van der Waals surface area contributed by atoms with Crippen molar-refractivity contribution in [1.82, 2.24) is 10.3 Å². The van der Waals surface area contributed by atoms with E-state index in [4.69, 9.17) is 5.26 Å². The van der Waals surface area contributed by atoms with E-state index in [0.29, 0.717) is 17.8 Å². The maximum absolute atomic E-state index is 11.8. The SMILES string of the molecule is CC(C)(C)CNC(=O)c1ccnc(CC#N)c1. The first-order valence-corrected chi connectivity index (χ1v) is 5.52. The van der Waals surface area contributed by atoms with E-state index in [1.165, 1.54) is 0 Å². The smallest absolute Gasteiger partial charge is 0.251 e. The third-order valence-electron chi connectivity index (χ3n) is 2.12. The number of nitrogens with zero attached hydrogens (tertiary/aromatic N) is 2. The number of hydrogen-bond donors (Lipinski definition) is 1. The number of carbonyl (C=O) groups is 1. The lowest BCUT2D eigenvalue weighted by molar-refractivity contribution is 0.0939. The summed E-state index contributed by atoms with van der Waals surface area (Å²) in [5.41, 5.74) is 1.23. The monoisotopic (exact) mass is 231 g/mol. The highest BCUT2D eigenvalue weighted by atomic mass is 16.1. The summed E-state index contributed by atoms with van der Waals surface area (Å²) in [5.74, 6) is -0.124. The lowest BCUT2D eigenvalue weighted by Crippen LogP contribution is -2.32. The van der Waals surface area contributed by atoms with Crippen LogP contribution in [-0.4, -0.2) is 17.4 Å². The molecule has 0 radical (unpaired) electrons. The highest BCUT2D eigenvalue weighted by molar-refractivity contribution is 5.94. The molecule has 4 heteroatoms. The van der Waals surface area contributed by atoms with Gasteiger partial charge in [-0.25, -0.2) is 0 Å². The topological polar surface area (TPSA) is 65.8 Å². The van der Waals surface area contributed by atoms with Gasteiger partial charge in [-0.15, -0.1) is 0 Å². The number of nitriles is 1. The fraction of sp³-hybridized carbons (Fsp3) is 0.462. The molecule has 1 heterocycles. The van der Waals surface area contributed by atoms with Crippen LogP contribution >= 0.6 is 0 Å². The largest absolute Gasteiger partial charge is 0.352 e. The van der Waals surface area contributed by atoms with Gasteiger partial charge in [0.2, 0.25) is 0 Å². The number of nitrogens with one attached hydrogen (secondary N) is 1. The maximum Gasteiger partial charge on any atom is 0.251 e. The Morgan fingerprint density at radius 2 is 2.24 bits per heavy atom. The Kier molecular flexibility index (Phi) is 4.22. The van der Waals surface area contributed by atoms with E-state index in [-0.39, 0.29) is 17.7 Å². The molecule has 0 saturated heterocycles. The zero-order valence-electron chi connectivity index (χ0n) is 10.4. The Balaban J connectivity index is 2.69. The van der Waals surface area contributed by atoms with Crippen LogP contribution in [0, 0.1) is 16.7 Å². The molecule has 0 aliphatic carbocycles. The molecule has 0 fully saturated rings. The fourth-order valence-corrected chi connectivity index (χ4v) is 1.24. The van der Waals surface area contributed by atoms with Gasteiger partial charge in [-0.2, -0.15) is 5.26 Å². The summed E-state index contributed by atoms with van der Waals surface area (Å²) < 4.78 is 0. The van der Waals surface area contributed by atoms with E-state index >= 15 is 0 Å². The van der Waals surface area contributed by atoms with Gasteiger partial charge in [0.15, 0.2) is 0 Å². The van der Waals surface area contributed by atoms with Gasteiger partial charge in [-0.3, -0.25) is 9.78 Å². The summed E-state index contributed by atoms with van der Waals surface area (Å²) in [5, 5.41) is 11.4. The molecule has 0 aromatic carbocycles. The predicted molar refractivity (Wildman–Crippen MR) is 65.3 cm³/mol. The first-order valence-electron chi connectivity index (χ1n) is 5.52. The van der Waals surface area contributed by atoms with Crippen LogP contribution in [-0.2, 0) is 6.42 Å². The molecule has 1 amide bonds. The van der Waals surface area contributed by atoms with E-state index in [2.05, 4.69) is 31.1 Å². The normalized spacial score (nSPS) is 10.7. The molecule has 0 spiro atoms. The number of aromatic nitrogens is 1. The van der Waals surface area contributed by atoms with Crippen molar-refractivity contribution in [3.8, 4) is 6.07 Å². The summed E-state index contributed by atoms with van der Waals surface area (Å²) in [4.78, 5) is 15.8.